The van der Waals surface area contributed by atoms with Gasteiger partial charge in [-0.05, 0) is 0 Å². The first kappa shape index (κ1) is 16.8. The number of nitrogens with zero attached hydrogens (tertiary/aromatic N) is 4. The first-order chi connectivity index (χ1) is 8.66. The van der Waals surface area contributed by atoms with Crippen LogP contribution >= 0.6 is 47.1 Å². The lowest BCUT2D eigenvalue weighted by molar-refractivity contribution is 0.455. The van der Waals surface area contributed by atoms with E-state index in [2.05, 4.69) is 14.9 Å². The first-order valence-electron chi connectivity index (χ1n) is 5.91. The molecule has 0 aromatic carbocycles. The van der Waals surface area contributed by atoms with Gasteiger partial charge in [-0.15, -0.1) is 35.3 Å². The molecule has 0 atom stereocenters. The van der Waals surface area contributed by atoms with Crippen LogP contribution in [-0.2, 0) is 6.54 Å². The van der Waals surface area contributed by atoms with E-state index in [1.54, 1.807) is 11.3 Å². The van der Waals surface area contributed by atoms with E-state index in [9.17, 15) is 0 Å². The zero-order valence-electron chi connectivity index (χ0n) is 11.2. The number of hydrogen-bond donors (Lipinski definition) is 1. The second-order valence-corrected chi connectivity index (χ2v) is 6.35. The predicted molar refractivity (Wildman–Crippen MR) is 96.1 cm³/mol. The number of thiazole rings is 1. The molecule has 0 aliphatic carbocycles. The number of halogens is 1. The van der Waals surface area contributed by atoms with Gasteiger partial charge in [-0.1, -0.05) is 0 Å². The Morgan fingerprint density at radius 2 is 2.16 bits per heavy atom. The molecule has 19 heavy (non-hydrogen) atoms. The van der Waals surface area contributed by atoms with Gasteiger partial charge in [-0.2, -0.15) is 11.8 Å². The highest BCUT2D eigenvalue weighted by atomic mass is 127. The van der Waals surface area contributed by atoms with Crippen molar-refractivity contribution in [3.63, 3.8) is 0 Å². The average Bonchev–Trinajstić information content (AvgIpc) is 2.86. The molecule has 0 radical (unpaired) electrons. The third kappa shape index (κ3) is 4.99. The van der Waals surface area contributed by atoms with Crippen LogP contribution in [0.25, 0.3) is 0 Å². The van der Waals surface area contributed by atoms with Gasteiger partial charge >= 0.3 is 0 Å². The molecule has 5 nitrogen and oxygen atoms in total. The van der Waals surface area contributed by atoms with E-state index < -0.39 is 0 Å². The summed E-state index contributed by atoms with van der Waals surface area (Å²) in [5.74, 6) is 2.92. The molecule has 0 bridgehead atoms. The Labute approximate surface area is 139 Å². The Hall–Kier alpha value is -0.220. The molecule has 0 saturated carbocycles. The summed E-state index contributed by atoms with van der Waals surface area (Å²) in [6.45, 7) is 2.57. The van der Waals surface area contributed by atoms with Gasteiger partial charge in [0.25, 0.3) is 0 Å². The fraction of sp³-hybridized carbons (Fsp3) is 0.636. The van der Waals surface area contributed by atoms with Crippen molar-refractivity contribution < 1.29 is 0 Å². The van der Waals surface area contributed by atoms with Crippen molar-refractivity contribution in [3.05, 3.63) is 11.1 Å². The van der Waals surface area contributed by atoms with Crippen molar-refractivity contribution in [3.8, 4) is 0 Å². The minimum atomic E-state index is 0. The highest BCUT2D eigenvalue weighted by molar-refractivity contribution is 14.0. The van der Waals surface area contributed by atoms with Crippen molar-refractivity contribution in [1.82, 2.24) is 9.88 Å². The summed E-state index contributed by atoms with van der Waals surface area (Å²) in [6.07, 6.45) is 0. The Morgan fingerprint density at radius 3 is 2.74 bits per heavy atom. The Kier molecular flexibility index (Phi) is 7.22. The molecule has 8 heteroatoms. The number of anilines is 1. The van der Waals surface area contributed by atoms with Gasteiger partial charge in [-0.3, -0.25) is 0 Å². The number of rotatable bonds is 3. The second-order valence-electron chi connectivity index (χ2n) is 4.29. The molecule has 1 saturated heterocycles. The van der Waals surface area contributed by atoms with Crippen molar-refractivity contribution in [2.75, 3.05) is 43.6 Å². The minimum Gasteiger partial charge on any atom is -0.370 e. The van der Waals surface area contributed by atoms with E-state index in [1.807, 2.05) is 36.1 Å². The SMILES string of the molecule is CN(C)c1nc(CN=C(N)N2CCSCC2)cs1.I. The normalized spacial score (nSPS) is 16.1. The third-order valence-electron chi connectivity index (χ3n) is 2.66. The van der Waals surface area contributed by atoms with Crippen LogP contribution in [0.1, 0.15) is 5.69 Å². The lowest BCUT2D eigenvalue weighted by Gasteiger charge is -2.27. The quantitative estimate of drug-likeness (QED) is 0.465. The highest BCUT2D eigenvalue weighted by Crippen LogP contribution is 2.18. The van der Waals surface area contributed by atoms with Crippen LogP contribution in [0.3, 0.4) is 0 Å². The molecular formula is C11H20IN5S2. The molecule has 108 valence electrons. The summed E-state index contributed by atoms with van der Waals surface area (Å²) < 4.78 is 0. The summed E-state index contributed by atoms with van der Waals surface area (Å²) in [4.78, 5) is 13.1. The Balaban J connectivity index is 0.00000180. The third-order valence-corrected chi connectivity index (χ3v) is 4.66. The molecule has 2 heterocycles. The molecule has 1 aliphatic heterocycles. The van der Waals surface area contributed by atoms with Gasteiger partial charge < -0.3 is 15.5 Å². The number of aliphatic imine (C=N–C) groups is 1. The van der Waals surface area contributed by atoms with Crippen LogP contribution in [0.4, 0.5) is 5.13 Å². The van der Waals surface area contributed by atoms with Crippen LogP contribution in [-0.4, -0.2) is 54.5 Å². The monoisotopic (exact) mass is 413 g/mol. The van der Waals surface area contributed by atoms with Crippen LogP contribution < -0.4 is 10.6 Å². The van der Waals surface area contributed by atoms with Gasteiger partial charge in [0, 0.05) is 44.1 Å². The number of aromatic nitrogens is 1. The maximum Gasteiger partial charge on any atom is 0.191 e. The highest BCUT2D eigenvalue weighted by Gasteiger charge is 2.12. The molecule has 1 aromatic heterocycles. The second kappa shape index (κ2) is 8.15. The van der Waals surface area contributed by atoms with E-state index in [0.29, 0.717) is 12.5 Å². The van der Waals surface area contributed by atoms with Gasteiger partial charge in [0.15, 0.2) is 11.1 Å². The maximum absolute atomic E-state index is 5.99. The van der Waals surface area contributed by atoms with Gasteiger partial charge in [0.05, 0.1) is 12.2 Å². The molecule has 1 aromatic rings. The van der Waals surface area contributed by atoms with Crippen LogP contribution in [0.5, 0.6) is 0 Å². The lowest BCUT2D eigenvalue weighted by Crippen LogP contribution is -2.42. The van der Waals surface area contributed by atoms with Gasteiger partial charge in [0.2, 0.25) is 0 Å². The number of hydrogen-bond acceptors (Lipinski definition) is 5. The zero-order valence-corrected chi connectivity index (χ0v) is 15.2. The molecular weight excluding hydrogens is 393 g/mol. The Bertz CT molecular complexity index is 415. The lowest BCUT2D eigenvalue weighted by atomic mass is 10.5. The number of guanidine groups is 1. The molecule has 2 rings (SSSR count). The van der Waals surface area contributed by atoms with Crippen molar-refractivity contribution in [2.24, 2.45) is 10.7 Å². The van der Waals surface area contributed by atoms with Crippen LogP contribution in [0, 0.1) is 0 Å². The van der Waals surface area contributed by atoms with Crippen molar-refractivity contribution in [1.29, 1.82) is 0 Å². The zero-order chi connectivity index (χ0) is 13.0. The van der Waals surface area contributed by atoms with E-state index in [1.165, 1.54) is 0 Å². The van der Waals surface area contributed by atoms with Gasteiger partial charge in [0.1, 0.15) is 0 Å². The summed E-state index contributed by atoms with van der Waals surface area (Å²) >= 11 is 3.60. The Morgan fingerprint density at radius 1 is 1.47 bits per heavy atom. The summed E-state index contributed by atoms with van der Waals surface area (Å²) in [5, 5.41) is 3.05. The minimum absolute atomic E-state index is 0. The van der Waals surface area contributed by atoms with Crippen LogP contribution in [0.15, 0.2) is 10.4 Å². The van der Waals surface area contributed by atoms with Crippen LogP contribution in [0.2, 0.25) is 0 Å². The molecule has 2 N–H and O–H groups in total. The fourth-order valence-corrected chi connectivity index (χ4v) is 3.28. The van der Waals surface area contributed by atoms with Crippen molar-refractivity contribution >= 4 is 58.2 Å². The van der Waals surface area contributed by atoms with E-state index in [0.717, 1.165) is 35.4 Å². The number of nitrogens with two attached hydrogens (primary N) is 1. The summed E-state index contributed by atoms with van der Waals surface area (Å²) in [6, 6.07) is 0. The standard InChI is InChI=1S/C11H19N5S2.HI/c1-15(2)11-14-9(8-18-11)7-13-10(12)16-3-5-17-6-4-16;/h8H,3-7H2,1-2H3,(H2,12,13);1H. The summed E-state index contributed by atoms with van der Waals surface area (Å²) in [7, 11) is 3.98. The number of thioether (sulfide) groups is 1. The molecule has 0 unspecified atom stereocenters. The summed E-state index contributed by atoms with van der Waals surface area (Å²) in [5.41, 5.74) is 6.98. The molecule has 0 amide bonds. The first-order valence-corrected chi connectivity index (χ1v) is 7.94. The molecule has 1 aliphatic rings. The van der Waals surface area contributed by atoms with E-state index in [4.69, 9.17) is 5.73 Å². The molecule has 1 fully saturated rings. The van der Waals surface area contributed by atoms with E-state index >= 15 is 0 Å². The average molecular weight is 413 g/mol. The molecule has 0 spiro atoms. The largest absolute Gasteiger partial charge is 0.370 e. The fourth-order valence-electron chi connectivity index (χ4n) is 1.63. The van der Waals surface area contributed by atoms with Crippen molar-refractivity contribution in [2.45, 2.75) is 6.54 Å². The topological polar surface area (TPSA) is 57.8 Å². The smallest absolute Gasteiger partial charge is 0.191 e. The van der Waals surface area contributed by atoms with E-state index in [-0.39, 0.29) is 24.0 Å². The van der Waals surface area contributed by atoms with Gasteiger partial charge in [-0.25, -0.2) is 9.98 Å². The predicted octanol–water partition coefficient (Wildman–Crippen LogP) is 1.69. The maximum atomic E-state index is 5.99.